The van der Waals surface area contributed by atoms with Gasteiger partial charge in [-0.15, -0.1) is 0 Å². The average molecular weight is 689 g/mol. The van der Waals surface area contributed by atoms with Crippen LogP contribution in [-0.2, 0) is 33.4 Å². The Morgan fingerprint density at radius 2 is 0.717 bits per heavy atom. The number of carboxylic acid groups (broad SMARTS) is 1. The van der Waals surface area contributed by atoms with Gasteiger partial charge in [0.05, 0.1) is 0 Å². The topological polar surface area (TPSA) is 116 Å². The van der Waals surface area contributed by atoms with Crippen molar-refractivity contribution >= 4 is 23.9 Å². The number of hydrogen-bond donors (Lipinski definition) is 1. The van der Waals surface area contributed by atoms with Crippen LogP contribution in [0.25, 0.3) is 0 Å². The van der Waals surface area contributed by atoms with E-state index >= 15 is 0 Å². The smallest absolute Gasteiger partial charge is 0.385 e. The van der Waals surface area contributed by atoms with Crippen LogP contribution in [-0.4, -0.2) is 48.3 Å². The second-order valence-corrected chi connectivity index (χ2v) is 8.16. The molecule has 8 nitrogen and oxygen atoms in total. The molecule has 1 N–H and O–H groups in total. The van der Waals surface area contributed by atoms with Crippen molar-refractivity contribution < 1.29 is 38.5 Å². The first-order valence-corrected chi connectivity index (χ1v) is 14.5. The highest BCUT2D eigenvalue weighted by molar-refractivity contribution is 5.89. The molecule has 0 aliphatic carbocycles. The lowest BCUT2D eigenvalue weighted by Crippen LogP contribution is -2.30. The molecule has 0 atom stereocenters. The van der Waals surface area contributed by atoms with Gasteiger partial charge in [0.2, 0.25) is 0 Å². The van der Waals surface area contributed by atoms with E-state index in [1.54, 1.807) is 13.8 Å². The molecular weight excluding hydrogens is 668 g/mol. The van der Waals surface area contributed by atoms with Crippen molar-refractivity contribution in [1.82, 2.24) is 0 Å². The third-order valence-corrected chi connectivity index (χ3v) is 4.32. The minimum absolute atomic E-state index is 0.122. The van der Waals surface area contributed by atoms with Crippen molar-refractivity contribution in [2.75, 3.05) is 13.2 Å². The summed E-state index contributed by atoms with van der Waals surface area (Å²) >= 11 is 0. The summed E-state index contributed by atoms with van der Waals surface area (Å²) in [6.45, 7) is 2.25. The van der Waals surface area contributed by atoms with Crippen molar-refractivity contribution in [2.45, 2.75) is 45.6 Å². The Hall–Kier alpha value is -9.16. The van der Waals surface area contributed by atoms with Gasteiger partial charge in [0.15, 0.2) is 6.10 Å². The van der Waals surface area contributed by atoms with Crippen molar-refractivity contribution in [2.24, 2.45) is 0 Å². The molecule has 0 spiro atoms. The molecule has 0 bridgehead atoms. The standard InChI is InChI=1S/C45H20O8/c1-3-5-7-9-11-13-15-17-19-21-23-25-27-29-31-36-43(48)51-39-41(53-45(50)38-34-33-35-42(46)47)40-52-44(49)37-32-30-28-26-24-22-20-18-16-14-12-10-8-6-4-2/h41H,33-35,38-40H2,1-2H3,(H,46,47). The fourth-order valence-corrected chi connectivity index (χ4v) is 2.36. The summed E-state index contributed by atoms with van der Waals surface area (Å²) in [6, 6.07) is 0. The fourth-order valence-electron chi connectivity index (χ4n) is 2.36. The Labute approximate surface area is 310 Å². The molecule has 0 saturated carbocycles. The van der Waals surface area contributed by atoms with E-state index in [9.17, 15) is 19.2 Å². The Kier molecular flexibility index (Phi) is 28.3. The van der Waals surface area contributed by atoms with Crippen LogP contribution in [0.2, 0.25) is 0 Å². The van der Waals surface area contributed by atoms with Crippen LogP contribution in [0.15, 0.2) is 0 Å². The summed E-state index contributed by atoms with van der Waals surface area (Å²) in [7, 11) is 0. The third kappa shape index (κ3) is 34.0. The zero-order valence-electron chi connectivity index (χ0n) is 28.1. The number of aliphatic carboxylic acids is 1. The van der Waals surface area contributed by atoms with Gasteiger partial charge in [0, 0.05) is 24.7 Å². The molecule has 0 unspecified atom stereocenters. The molecule has 0 radical (unpaired) electrons. The molecule has 8 heteroatoms. The van der Waals surface area contributed by atoms with Crippen molar-refractivity contribution in [3.63, 3.8) is 0 Å². The van der Waals surface area contributed by atoms with E-state index in [1.165, 1.54) is 0 Å². The van der Waals surface area contributed by atoms with Gasteiger partial charge in [-0.1, -0.05) is 11.8 Å². The van der Waals surface area contributed by atoms with Gasteiger partial charge in [0.25, 0.3) is 0 Å². The summed E-state index contributed by atoms with van der Waals surface area (Å²) in [4.78, 5) is 46.9. The maximum atomic E-state index is 12.2. The number of rotatable bonds is 10. The van der Waals surface area contributed by atoms with Gasteiger partial charge >= 0.3 is 23.9 Å². The highest BCUT2D eigenvalue weighted by Crippen LogP contribution is 2.05. The predicted octanol–water partition coefficient (Wildman–Crippen LogP) is 0.724. The van der Waals surface area contributed by atoms with Crippen LogP contribution in [0, 0.1) is 189 Å². The van der Waals surface area contributed by atoms with E-state index in [0.29, 0.717) is 0 Å². The lowest BCUT2D eigenvalue weighted by molar-refractivity contribution is -0.163. The lowest BCUT2D eigenvalue weighted by atomic mass is 10.2. The van der Waals surface area contributed by atoms with E-state index in [0.717, 1.165) is 0 Å². The minimum Gasteiger partial charge on any atom is -0.481 e. The normalized spacial score (nSPS) is 6.40. The van der Waals surface area contributed by atoms with Gasteiger partial charge in [-0.05, 0) is 192 Å². The number of hydrogen-bond acceptors (Lipinski definition) is 7. The molecule has 0 rings (SSSR count). The van der Waals surface area contributed by atoms with E-state index in [-0.39, 0.29) is 25.7 Å². The average Bonchev–Trinajstić information content (AvgIpc) is 3.14. The van der Waals surface area contributed by atoms with Crippen LogP contribution in [0.3, 0.4) is 0 Å². The summed E-state index contributed by atoms with van der Waals surface area (Å²) in [6.07, 6.45) is -0.997. The quantitative estimate of drug-likeness (QED) is 0.118. The van der Waals surface area contributed by atoms with Gasteiger partial charge < -0.3 is 19.3 Å². The number of esters is 3. The van der Waals surface area contributed by atoms with Gasteiger partial charge in [-0.25, -0.2) is 9.59 Å². The van der Waals surface area contributed by atoms with Crippen LogP contribution >= 0.6 is 0 Å². The molecule has 0 aliphatic heterocycles. The molecule has 0 heterocycles. The van der Waals surface area contributed by atoms with Crippen LogP contribution in [0.5, 0.6) is 0 Å². The van der Waals surface area contributed by atoms with Crippen molar-refractivity contribution in [1.29, 1.82) is 0 Å². The predicted molar refractivity (Wildman–Crippen MR) is 194 cm³/mol. The Morgan fingerprint density at radius 3 is 1.02 bits per heavy atom. The number of carbonyl (C=O) groups is 4. The maximum Gasteiger partial charge on any atom is 0.385 e. The van der Waals surface area contributed by atoms with Gasteiger partial charge in [0.1, 0.15) is 13.2 Å². The Bertz CT molecular complexity index is 2320. The monoisotopic (exact) mass is 688 g/mol. The zero-order chi connectivity index (χ0) is 38.9. The van der Waals surface area contributed by atoms with E-state index < -0.39 is 43.2 Å². The molecule has 0 aromatic heterocycles. The third-order valence-electron chi connectivity index (χ3n) is 4.32. The van der Waals surface area contributed by atoms with Crippen molar-refractivity contribution in [3.8, 4) is 189 Å². The van der Waals surface area contributed by atoms with E-state index in [1.807, 2.05) is 0 Å². The lowest BCUT2D eigenvalue weighted by Gasteiger charge is -2.16. The maximum absolute atomic E-state index is 12.2. The fraction of sp³-hybridized carbons (Fsp3) is 0.200. The largest absolute Gasteiger partial charge is 0.481 e. The highest BCUT2D eigenvalue weighted by Gasteiger charge is 2.19. The van der Waals surface area contributed by atoms with Crippen molar-refractivity contribution in [3.05, 3.63) is 0 Å². The molecule has 53 heavy (non-hydrogen) atoms. The minimum atomic E-state index is -1.22. The first-order chi connectivity index (χ1) is 25.9. The van der Waals surface area contributed by atoms with Gasteiger partial charge in [-0.2, -0.15) is 0 Å². The zero-order valence-corrected chi connectivity index (χ0v) is 28.1. The molecule has 248 valence electrons. The molecule has 0 amide bonds. The molecule has 0 saturated heterocycles. The van der Waals surface area contributed by atoms with E-state index in [4.69, 9.17) is 19.3 Å². The number of carbonyl (C=O) groups excluding carboxylic acids is 3. The molecule has 0 fully saturated rings. The summed E-state index contributed by atoms with van der Waals surface area (Å²) in [5.41, 5.74) is 0. The highest BCUT2D eigenvalue weighted by atomic mass is 16.6. The molecular formula is C45H20O8. The number of ether oxygens (including phenoxy) is 3. The first-order valence-electron chi connectivity index (χ1n) is 14.5. The SMILES string of the molecule is CC#CC#CC#CC#CC#CC#CC#CC#CC(=O)OCC(COC(=O)C#CC#CC#CC#CC#CC#CC#CC#CC)OC(=O)CCCCC(=O)O. The second kappa shape index (κ2) is 34.2. The second-order valence-electron chi connectivity index (χ2n) is 8.16. The summed E-state index contributed by atoms with van der Waals surface area (Å²) in [5, 5.41) is 8.73. The molecule has 0 aromatic rings. The Balaban J connectivity index is 5.17. The first kappa shape index (κ1) is 43.8. The molecule has 0 aromatic carbocycles. The van der Waals surface area contributed by atoms with E-state index in [2.05, 4.69) is 189 Å². The Morgan fingerprint density at radius 1 is 0.434 bits per heavy atom. The van der Waals surface area contributed by atoms with Crippen LogP contribution in [0.1, 0.15) is 39.5 Å². The van der Waals surface area contributed by atoms with Crippen LogP contribution < -0.4 is 0 Å². The summed E-state index contributed by atoms with van der Waals surface area (Å²) < 4.78 is 15.1. The number of unbranched alkanes of at least 4 members (excludes halogenated alkanes) is 1. The molecule has 0 aliphatic rings. The summed E-state index contributed by atoms with van der Waals surface area (Å²) in [5.74, 6) is 73.5. The number of carboxylic acids is 1. The van der Waals surface area contributed by atoms with Gasteiger partial charge in [-0.3, -0.25) is 9.59 Å². The van der Waals surface area contributed by atoms with Crippen LogP contribution in [0.4, 0.5) is 0 Å².